The first-order valence-corrected chi connectivity index (χ1v) is 21.0. The third-order valence-corrected chi connectivity index (χ3v) is 12.5. The minimum atomic E-state index is -0.519. The van der Waals surface area contributed by atoms with Crippen LogP contribution in [0.3, 0.4) is 0 Å². The normalized spacial score (nSPS) is 12.6. The van der Waals surface area contributed by atoms with E-state index in [4.69, 9.17) is 19.4 Å². The van der Waals surface area contributed by atoms with Crippen LogP contribution < -0.4 is 0 Å². The molecule has 0 N–H and O–H groups in total. The molecule has 0 bridgehead atoms. The molecule has 12 rings (SSSR count). The van der Waals surface area contributed by atoms with Crippen LogP contribution in [0.4, 0.5) is 0 Å². The summed E-state index contributed by atoms with van der Waals surface area (Å²) in [5.41, 5.74) is 18.0. The molecule has 0 spiro atoms. The molecule has 0 atom stereocenters. The van der Waals surface area contributed by atoms with Crippen LogP contribution in [0, 0.1) is 0 Å². The van der Waals surface area contributed by atoms with Crippen LogP contribution >= 0.6 is 0 Å². The van der Waals surface area contributed by atoms with Gasteiger partial charge >= 0.3 is 0 Å². The lowest BCUT2D eigenvalue weighted by molar-refractivity contribution is 0.669. The number of furan rings is 1. The number of hydrogen-bond donors (Lipinski definition) is 0. The predicted molar refractivity (Wildman–Crippen MR) is 252 cm³/mol. The van der Waals surface area contributed by atoms with Gasteiger partial charge < -0.3 is 4.42 Å². The van der Waals surface area contributed by atoms with Crippen molar-refractivity contribution in [2.24, 2.45) is 0 Å². The monoisotopic (exact) mass is 791 g/mol. The van der Waals surface area contributed by atoms with Crippen molar-refractivity contribution in [3.05, 3.63) is 247 Å². The Morgan fingerprint density at radius 2 is 0.968 bits per heavy atom. The van der Waals surface area contributed by atoms with E-state index in [0.717, 1.165) is 72.4 Å². The highest BCUT2D eigenvalue weighted by atomic mass is 16.3. The molecular weight excluding hydrogens is 755 g/mol. The summed E-state index contributed by atoms with van der Waals surface area (Å²) in [4.78, 5) is 15.6. The summed E-state index contributed by atoms with van der Waals surface area (Å²) in [6, 6.07) is 77.3. The maximum absolute atomic E-state index is 6.63. The molecule has 290 valence electrons. The van der Waals surface area contributed by atoms with E-state index in [0.29, 0.717) is 5.82 Å². The summed E-state index contributed by atoms with van der Waals surface area (Å²) in [5, 5.41) is 0.982. The highest BCUT2D eigenvalue weighted by Crippen LogP contribution is 2.58. The molecule has 62 heavy (non-hydrogen) atoms. The summed E-state index contributed by atoms with van der Waals surface area (Å²) in [6.07, 6.45) is 1.88. The lowest BCUT2D eigenvalue weighted by Gasteiger charge is -2.34. The Balaban J connectivity index is 1.15. The first-order chi connectivity index (χ1) is 30.8. The van der Waals surface area contributed by atoms with Gasteiger partial charge in [0.25, 0.3) is 0 Å². The zero-order valence-corrected chi connectivity index (χ0v) is 33.6. The third kappa shape index (κ3) is 5.58. The van der Waals surface area contributed by atoms with Gasteiger partial charge in [0.2, 0.25) is 0 Å². The van der Waals surface area contributed by atoms with Crippen LogP contribution in [0.15, 0.2) is 229 Å². The van der Waals surface area contributed by atoms with Crippen LogP contribution in [0.5, 0.6) is 0 Å². The molecule has 0 amide bonds. The molecule has 8 aromatic carbocycles. The zero-order chi connectivity index (χ0) is 41.0. The molecule has 11 aromatic rings. The number of nitrogens with zero attached hydrogens (tertiary/aromatic N) is 3. The minimum absolute atomic E-state index is 0.519. The lowest BCUT2D eigenvalue weighted by atomic mass is 9.67. The first-order valence-electron chi connectivity index (χ1n) is 21.0. The molecule has 1 aliphatic rings. The van der Waals surface area contributed by atoms with E-state index in [2.05, 4.69) is 182 Å². The molecule has 0 saturated heterocycles. The molecule has 0 radical (unpaired) electrons. The van der Waals surface area contributed by atoms with Gasteiger partial charge in [-0.2, -0.15) is 0 Å². The van der Waals surface area contributed by atoms with Crippen molar-refractivity contribution in [2.75, 3.05) is 0 Å². The SMILES string of the molecule is c1ccc(-c2cc(-c3ccccc3)nc(-c3cc(-c4cccc5c4-c4ccccc4C5(c4ccccc4)c4ccccc4)ccc3-c3ccnc4c3oc3ccccc34)n2)cc1. The summed E-state index contributed by atoms with van der Waals surface area (Å²) in [5.74, 6) is 0.624. The Hall–Kier alpha value is -8.21. The first kappa shape index (κ1) is 35.7. The quantitative estimate of drug-likeness (QED) is 0.161. The number of benzene rings is 8. The van der Waals surface area contributed by atoms with Gasteiger partial charge in [-0.15, -0.1) is 0 Å². The van der Waals surface area contributed by atoms with E-state index < -0.39 is 5.41 Å². The van der Waals surface area contributed by atoms with E-state index >= 15 is 0 Å². The van der Waals surface area contributed by atoms with E-state index in [9.17, 15) is 0 Å². The van der Waals surface area contributed by atoms with Gasteiger partial charge in [-0.1, -0.05) is 188 Å². The summed E-state index contributed by atoms with van der Waals surface area (Å²) in [7, 11) is 0. The molecule has 3 aromatic heterocycles. The number of aromatic nitrogens is 3. The molecule has 3 heterocycles. The molecule has 0 aliphatic heterocycles. The van der Waals surface area contributed by atoms with E-state index in [-0.39, 0.29) is 0 Å². The van der Waals surface area contributed by atoms with Crippen LogP contribution in [0.2, 0.25) is 0 Å². The average molecular weight is 792 g/mol. The van der Waals surface area contributed by atoms with Crippen LogP contribution in [-0.4, -0.2) is 15.0 Å². The van der Waals surface area contributed by atoms with Crippen molar-refractivity contribution in [3.8, 4) is 67.3 Å². The van der Waals surface area contributed by atoms with Crippen molar-refractivity contribution in [1.29, 1.82) is 0 Å². The van der Waals surface area contributed by atoms with E-state index in [1.54, 1.807) is 0 Å². The number of para-hydroxylation sites is 1. The molecule has 4 heteroatoms. The van der Waals surface area contributed by atoms with Gasteiger partial charge in [0.05, 0.1) is 16.8 Å². The molecule has 0 fully saturated rings. The highest BCUT2D eigenvalue weighted by Gasteiger charge is 2.46. The van der Waals surface area contributed by atoms with Gasteiger partial charge in [0.1, 0.15) is 11.1 Å². The molecule has 0 unspecified atom stereocenters. The fourth-order valence-corrected chi connectivity index (χ4v) is 9.76. The second-order valence-electron chi connectivity index (χ2n) is 15.8. The van der Waals surface area contributed by atoms with E-state index in [1.807, 2.05) is 42.6 Å². The Bertz CT molecular complexity index is 3350. The average Bonchev–Trinajstić information content (AvgIpc) is 3.89. The zero-order valence-electron chi connectivity index (χ0n) is 33.6. The summed E-state index contributed by atoms with van der Waals surface area (Å²) < 4.78 is 6.63. The Labute approximate surface area is 359 Å². The van der Waals surface area contributed by atoms with Crippen LogP contribution in [-0.2, 0) is 5.41 Å². The van der Waals surface area contributed by atoms with Gasteiger partial charge in [-0.3, -0.25) is 4.98 Å². The second kappa shape index (κ2) is 14.5. The lowest BCUT2D eigenvalue weighted by Crippen LogP contribution is -2.28. The highest BCUT2D eigenvalue weighted by molar-refractivity contribution is 6.08. The van der Waals surface area contributed by atoms with E-state index in [1.165, 1.54) is 33.4 Å². The van der Waals surface area contributed by atoms with Crippen molar-refractivity contribution in [3.63, 3.8) is 0 Å². The van der Waals surface area contributed by atoms with Crippen molar-refractivity contribution in [1.82, 2.24) is 15.0 Å². The number of hydrogen-bond acceptors (Lipinski definition) is 4. The van der Waals surface area contributed by atoms with Gasteiger partial charge in [-0.05, 0) is 80.4 Å². The smallest absolute Gasteiger partial charge is 0.161 e. The Kier molecular flexibility index (Phi) is 8.36. The maximum atomic E-state index is 6.63. The largest absolute Gasteiger partial charge is 0.454 e. The van der Waals surface area contributed by atoms with Gasteiger partial charge in [0.15, 0.2) is 11.4 Å². The van der Waals surface area contributed by atoms with Crippen LogP contribution in [0.25, 0.3) is 89.4 Å². The minimum Gasteiger partial charge on any atom is -0.454 e. The van der Waals surface area contributed by atoms with Crippen molar-refractivity contribution >= 4 is 22.1 Å². The van der Waals surface area contributed by atoms with Crippen molar-refractivity contribution in [2.45, 2.75) is 5.41 Å². The van der Waals surface area contributed by atoms with Gasteiger partial charge in [0, 0.05) is 33.8 Å². The summed E-state index contributed by atoms with van der Waals surface area (Å²) in [6.45, 7) is 0. The molecule has 0 saturated carbocycles. The number of rotatable bonds is 7. The Morgan fingerprint density at radius 3 is 1.66 bits per heavy atom. The van der Waals surface area contributed by atoms with Crippen molar-refractivity contribution < 1.29 is 4.42 Å². The standard InChI is InChI=1S/C58H37N3O/c1-5-18-38(19-6-1)51-37-52(39-20-7-2-8-21-39)61-57(60-51)48-36-40(32-33-44(48)45-34-35-59-55-47-27-14-16-31-53(47)62-56(45)55)43-28-17-30-50-54(43)46-26-13-15-29-49(46)58(50,41-22-9-3-10-23-41)42-24-11-4-12-25-42/h1-37H. The second-order valence-corrected chi connectivity index (χ2v) is 15.8. The molecule has 1 aliphatic carbocycles. The number of fused-ring (bicyclic) bond motifs is 6. The fourth-order valence-electron chi connectivity index (χ4n) is 9.76. The van der Waals surface area contributed by atoms with Gasteiger partial charge in [-0.25, -0.2) is 9.97 Å². The predicted octanol–water partition coefficient (Wildman–Crippen LogP) is 14.5. The number of pyridine rings is 1. The molecule has 4 nitrogen and oxygen atoms in total. The summed E-state index contributed by atoms with van der Waals surface area (Å²) >= 11 is 0. The maximum Gasteiger partial charge on any atom is 0.161 e. The third-order valence-electron chi connectivity index (χ3n) is 12.5. The topological polar surface area (TPSA) is 51.8 Å². The Morgan fingerprint density at radius 1 is 0.387 bits per heavy atom. The van der Waals surface area contributed by atoms with Crippen LogP contribution in [0.1, 0.15) is 22.3 Å². The fraction of sp³-hybridized carbons (Fsp3) is 0.0172. The molecular formula is C58H37N3O.